The van der Waals surface area contributed by atoms with Gasteiger partial charge in [-0.25, -0.2) is 0 Å². The molecule has 0 aliphatic carbocycles. The Balaban J connectivity index is 1.45. The van der Waals surface area contributed by atoms with Crippen LogP contribution in [0.25, 0.3) is 0 Å². The van der Waals surface area contributed by atoms with E-state index in [1.54, 1.807) is 6.07 Å². The van der Waals surface area contributed by atoms with Gasteiger partial charge in [0.05, 0.1) is 34.6 Å². The molecule has 5 rings (SSSR count). The Bertz CT molecular complexity index is 1420. The van der Waals surface area contributed by atoms with Crippen LogP contribution in [0.3, 0.4) is 0 Å². The van der Waals surface area contributed by atoms with Gasteiger partial charge >= 0.3 is 0 Å². The predicted octanol–water partition coefficient (Wildman–Crippen LogP) is 7.21. The molecule has 5 nitrogen and oxygen atoms in total. The fourth-order valence-corrected chi connectivity index (χ4v) is 5.66. The summed E-state index contributed by atoms with van der Waals surface area (Å²) in [4.78, 5) is 18.0. The number of nitrogens with zero attached hydrogens (tertiary/aromatic N) is 4. The molecule has 1 atom stereocenters. The van der Waals surface area contributed by atoms with E-state index >= 15 is 0 Å². The molecule has 0 N–H and O–H groups in total. The van der Waals surface area contributed by atoms with Crippen molar-refractivity contribution in [2.45, 2.75) is 26.4 Å². The molecule has 1 aliphatic heterocycles. The van der Waals surface area contributed by atoms with Gasteiger partial charge in [-0.3, -0.25) is 9.48 Å². The average Bonchev–Trinajstić information content (AvgIpc) is 3.17. The first-order valence-corrected chi connectivity index (χ1v) is 13.3. The molecular weight excluding hydrogens is 527 g/mol. The van der Waals surface area contributed by atoms with Crippen molar-refractivity contribution in [2.75, 3.05) is 24.5 Å². The second kappa shape index (κ2) is 10.8. The third-order valence-corrected chi connectivity index (χ3v) is 7.70. The van der Waals surface area contributed by atoms with E-state index in [1.807, 2.05) is 78.0 Å². The zero-order valence-electron chi connectivity index (χ0n) is 20.7. The van der Waals surface area contributed by atoms with Crippen LogP contribution in [0, 0.1) is 13.8 Å². The Morgan fingerprint density at radius 2 is 1.62 bits per heavy atom. The maximum atomic E-state index is 13.9. The van der Waals surface area contributed by atoms with E-state index in [2.05, 4.69) is 17.0 Å². The lowest BCUT2D eigenvalue weighted by molar-refractivity contribution is 0.0720. The van der Waals surface area contributed by atoms with Gasteiger partial charge in [-0.05, 0) is 55.3 Å². The van der Waals surface area contributed by atoms with Gasteiger partial charge < -0.3 is 9.80 Å². The van der Waals surface area contributed by atoms with Crippen molar-refractivity contribution >= 4 is 46.4 Å². The van der Waals surface area contributed by atoms with Crippen LogP contribution in [-0.2, 0) is 6.54 Å². The number of halogens is 3. The second-order valence-corrected chi connectivity index (χ2v) is 10.6. The highest BCUT2D eigenvalue weighted by molar-refractivity contribution is 6.36. The fraction of sp³-hybridized carbons (Fsp3) is 0.241. The molecule has 0 bridgehead atoms. The number of aromatic nitrogens is 2. The number of aryl methyl sites for hydroxylation is 1. The van der Waals surface area contributed by atoms with Gasteiger partial charge in [0.15, 0.2) is 0 Å². The first-order valence-electron chi connectivity index (χ1n) is 12.2. The number of rotatable bonds is 5. The largest absolute Gasteiger partial charge is 0.360 e. The second-order valence-electron chi connectivity index (χ2n) is 9.30. The SMILES string of the molecule is Cc1nn(Cc2ccccc2)c(C)c1C(=O)N1CCN(c2ccc(Cl)cc2Cl)C(c2ccc(Cl)cc2)C1. The quantitative estimate of drug-likeness (QED) is 0.262. The monoisotopic (exact) mass is 552 g/mol. The normalized spacial score (nSPS) is 15.8. The van der Waals surface area contributed by atoms with E-state index in [-0.39, 0.29) is 11.9 Å². The van der Waals surface area contributed by atoms with Crippen molar-refractivity contribution in [3.05, 3.63) is 116 Å². The Morgan fingerprint density at radius 3 is 2.32 bits per heavy atom. The van der Waals surface area contributed by atoms with E-state index in [0.717, 1.165) is 28.2 Å². The summed E-state index contributed by atoms with van der Waals surface area (Å²) in [7, 11) is 0. The van der Waals surface area contributed by atoms with E-state index in [4.69, 9.17) is 39.9 Å². The first kappa shape index (κ1) is 25.7. The van der Waals surface area contributed by atoms with Crippen LogP contribution in [0.4, 0.5) is 5.69 Å². The van der Waals surface area contributed by atoms with Crippen LogP contribution in [0.2, 0.25) is 15.1 Å². The van der Waals surface area contributed by atoms with Crippen molar-refractivity contribution < 1.29 is 4.79 Å². The molecule has 0 spiro atoms. The zero-order valence-corrected chi connectivity index (χ0v) is 22.9. The summed E-state index contributed by atoms with van der Waals surface area (Å²) >= 11 is 18.9. The molecule has 3 aromatic carbocycles. The minimum absolute atomic E-state index is 0.00451. The molecule has 0 saturated carbocycles. The van der Waals surface area contributed by atoms with Crippen molar-refractivity contribution in [2.24, 2.45) is 0 Å². The van der Waals surface area contributed by atoms with Gasteiger partial charge in [0, 0.05) is 35.4 Å². The average molecular weight is 554 g/mol. The Morgan fingerprint density at radius 1 is 0.919 bits per heavy atom. The summed E-state index contributed by atoms with van der Waals surface area (Å²) in [5, 5.41) is 6.54. The summed E-state index contributed by atoms with van der Waals surface area (Å²) in [6, 6.07) is 23.3. The molecular formula is C29H27Cl3N4O. The standard InChI is InChI=1S/C29H27Cl3N4O/c1-19-28(20(2)36(33-19)17-21-6-4-3-5-7-21)29(37)34-14-15-35(26-13-12-24(31)16-25(26)32)27(18-34)22-8-10-23(30)11-9-22/h3-13,16,27H,14-15,17-18H2,1-2H3. The highest BCUT2D eigenvalue weighted by Gasteiger charge is 2.34. The summed E-state index contributed by atoms with van der Waals surface area (Å²) in [5.74, 6) is -0.00451. The lowest BCUT2D eigenvalue weighted by atomic mass is 10.00. The number of carbonyl (C=O) groups excluding carboxylic acids is 1. The fourth-order valence-electron chi connectivity index (χ4n) is 5.02. The topological polar surface area (TPSA) is 41.4 Å². The molecule has 1 aromatic heterocycles. The third-order valence-electron chi connectivity index (χ3n) is 6.91. The molecule has 1 saturated heterocycles. The number of amides is 1. The number of piperazine rings is 1. The number of benzene rings is 3. The molecule has 1 unspecified atom stereocenters. The van der Waals surface area contributed by atoms with E-state index in [0.29, 0.717) is 46.8 Å². The van der Waals surface area contributed by atoms with E-state index in [9.17, 15) is 4.79 Å². The number of hydrogen-bond acceptors (Lipinski definition) is 3. The van der Waals surface area contributed by atoms with Gasteiger partial charge in [-0.1, -0.05) is 77.3 Å². The molecule has 2 heterocycles. The Kier molecular flexibility index (Phi) is 7.47. The molecule has 190 valence electrons. The highest BCUT2D eigenvalue weighted by Crippen LogP contribution is 2.37. The summed E-state index contributed by atoms with van der Waals surface area (Å²) in [6.45, 7) is 6.18. The smallest absolute Gasteiger partial charge is 0.257 e. The zero-order chi connectivity index (χ0) is 26.1. The van der Waals surface area contributed by atoms with Crippen LogP contribution in [0.1, 0.15) is 38.9 Å². The van der Waals surface area contributed by atoms with Crippen LogP contribution in [0.5, 0.6) is 0 Å². The molecule has 4 aromatic rings. The lowest BCUT2D eigenvalue weighted by Crippen LogP contribution is -2.51. The Hall–Kier alpha value is -2.99. The lowest BCUT2D eigenvalue weighted by Gasteiger charge is -2.43. The van der Waals surface area contributed by atoms with Crippen molar-refractivity contribution in [1.29, 1.82) is 0 Å². The van der Waals surface area contributed by atoms with Crippen LogP contribution >= 0.6 is 34.8 Å². The molecule has 8 heteroatoms. The molecule has 37 heavy (non-hydrogen) atoms. The molecule has 1 amide bonds. The summed E-state index contributed by atoms with van der Waals surface area (Å²) in [6.07, 6.45) is 0. The van der Waals surface area contributed by atoms with Gasteiger partial charge in [-0.2, -0.15) is 5.10 Å². The molecule has 1 fully saturated rings. The molecule has 1 aliphatic rings. The van der Waals surface area contributed by atoms with Crippen molar-refractivity contribution in [3.8, 4) is 0 Å². The maximum Gasteiger partial charge on any atom is 0.257 e. The van der Waals surface area contributed by atoms with Gasteiger partial charge in [0.25, 0.3) is 5.91 Å². The van der Waals surface area contributed by atoms with Crippen LogP contribution < -0.4 is 4.90 Å². The van der Waals surface area contributed by atoms with Crippen LogP contribution in [-0.4, -0.2) is 40.2 Å². The number of anilines is 1. The minimum atomic E-state index is -0.103. The van der Waals surface area contributed by atoms with Crippen LogP contribution in [0.15, 0.2) is 72.8 Å². The van der Waals surface area contributed by atoms with E-state index in [1.165, 1.54) is 0 Å². The Labute approximate surface area is 232 Å². The van der Waals surface area contributed by atoms with Gasteiger partial charge in [0.2, 0.25) is 0 Å². The van der Waals surface area contributed by atoms with Gasteiger partial charge in [-0.15, -0.1) is 0 Å². The predicted molar refractivity (Wildman–Crippen MR) is 151 cm³/mol. The third kappa shape index (κ3) is 5.35. The number of hydrogen-bond donors (Lipinski definition) is 0. The number of carbonyl (C=O) groups is 1. The van der Waals surface area contributed by atoms with Gasteiger partial charge in [0.1, 0.15) is 0 Å². The highest BCUT2D eigenvalue weighted by atomic mass is 35.5. The summed E-state index contributed by atoms with van der Waals surface area (Å²) < 4.78 is 1.91. The van der Waals surface area contributed by atoms with E-state index < -0.39 is 0 Å². The minimum Gasteiger partial charge on any atom is -0.360 e. The molecule has 0 radical (unpaired) electrons. The van der Waals surface area contributed by atoms with Crippen molar-refractivity contribution in [3.63, 3.8) is 0 Å². The first-order chi connectivity index (χ1) is 17.8. The van der Waals surface area contributed by atoms with Crippen molar-refractivity contribution in [1.82, 2.24) is 14.7 Å². The maximum absolute atomic E-state index is 13.9. The summed E-state index contributed by atoms with van der Waals surface area (Å²) in [5.41, 5.74) is 5.37.